The average Bonchev–Trinajstić information content (AvgIpc) is 3.55. The van der Waals surface area contributed by atoms with Crippen molar-refractivity contribution in [3.8, 4) is 0 Å². The summed E-state index contributed by atoms with van der Waals surface area (Å²) in [5.41, 5.74) is 4.00. The molecule has 1 aromatic carbocycles. The summed E-state index contributed by atoms with van der Waals surface area (Å²) in [4.78, 5) is 9.88. The number of alkyl halides is 2. The number of rotatable bonds is 7. The number of aliphatic imine (C=N–C) groups is 1. The third kappa shape index (κ3) is 9.01. The molecule has 2 aliphatic heterocycles. The summed E-state index contributed by atoms with van der Waals surface area (Å²) < 4.78 is 37.9. The van der Waals surface area contributed by atoms with Crippen molar-refractivity contribution in [3.05, 3.63) is 103 Å². The second kappa shape index (κ2) is 13.9. The van der Waals surface area contributed by atoms with Gasteiger partial charge in [0.15, 0.2) is 0 Å². The maximum atomic E-state index is 13.0. The zero-order chi connectivity index (χ0) is 26.7. The van der Waals surface area contributed by atoms with Gasteiger partial charge in [-0.1, -0.05) is 55.1 Å². The van der Waals surface area contributed by atoms with Gasteiger partial charge in [0.05, 0.1) is 0 Å². The Morgan fingerprint density at radius 3 is 2.51 bits per heavy atom. The van der Waals surface area contributed by atoms with Gasteiger partial charge >= 0.3 is 0 Å². The van der Waals surface area contributed by atoms with Crippen LogP contribution in [0.2, 0.25) is 0 Å². The molecule has 0 spiro atoms. The Kier molecular flexibility index (Phi) is 10.7. The molecule has 37 heavy (non-hydrogen) atoms. The minimum Gasteiger partial charge on any atom is -0.383 e. The summed E-state index contributed by atoms with van der Waals surface area (Å²) in [7, 11) is 2.17. The molecule has 2 fully saturated rings. The van der Waals surface area contributed by atoms with Crippen molar-refractivity contribution in [1.82, 2.24) is 15.2 Å². The summed E-state index contributed by atoms with van der Waals surface area (Å²) >= 11 is 0. The molecule has 1 unspecified atom stereocenters. The van der Waals surface area contributed by atoms with Crippen molar-refractivity contribution in [3.63, 3.8) is 0 Å². The van der Waals surface area contributed by atoms with Crippen LogP contribution in [0.1, 0.15) is 55.6 Å². The van der Waals surface area contributed by atoms with Crippen LogP contribution in [-0.4, -0.2) is 41.2 Å². The minimum atomic E-state index is -2.60. The molecule has 1 aromatic heterocycles. The molecule has 198 valence electrons. The van der Waals surface area contributed by atoms with Gasteiger partial charge in [0.1, 0.15) is 0 Å². The van der Waals surface area contributed by atoms with Crippen LogP contribution >= 0.6 is 0 Å². The molecule has 3 heterocycles. The van der Waals surface area contributed by atoms with Crippen LogP contribution < -0.4 is 5.32 Å². The highest BCUT2D eigenvalue weighted by Crippen LogP contribution is 2.48. The van der Waals surface area contributed by atoms with Gasteiger partial charge in [0, 0.05) is 67.6 Å². The van der Waals surface area contributed by atoms with E-state index in [4.69, 9.17) is 0 Å². The fourth-order valence-corrected chi connectivity index (χ4v) is 4.57. The Bertz CT molecular complexity index is 1070. The summed E-state index contributed by atoms with van der Waals surface area (Å²) in [5, 5.41) is 3.44. The van der Waals surface area contributed by atoms with Crippen molar-refractivity contribution in [2.75, 3.05) is 13.6 Å². The lowest BCUT2D eigenvalue weighted by atomic mass is 9.77. The van der Waals surface area contributed by atoms with E-state index < -0.39 is 11.9 Å². The van der Waals surface area contributed by atoms with Gasteiger partial charge in [-0.25, -0.2) is 13.8 Å². The number of likely N-dealkylation sites (tertiary alicyclic amines) is 1. The van der Waals surface area contributed by atoms with Gasteiger partial charge in [0.25, 0.3) is 0 Å². The van der Waals surface area contributed by atoms with Crippen molar-refractivity contribution >= 4 is 5.71 Å². The Morgan fingerprint density at radius 1 is 1.19 bits per heavy atom. The average molecular weight is 511 g/mol. The fourth-order valence-electron chi connectivity index (χ4n) is 4.57. The second-order valence-electron chi connectivity index (χ2n) is 9.62. The molecule has 2 aromatic rings. The zero-order valence-corrected chi connectivity index (χ0v) is 21.6. The number of aromatic nitrogens is 1. The van der Waals surface area contributed by atoms with E-state index in [2.05, 4.69) is 70.7 Å². The molecule has 1 N–H and O–H groups in total. The standard InChI is InChI=1S/C14H20N2.C9H8F3N.C7H9N/c1-12(14-9-6-10-16(14)2)15-11-13-7-4-3-5-8-13;10-8-7(2-1-3-13-8)6-4-9(11,12)5-6;1-2-4-7-5-3-6-8-7/h3-5,7-8,14-15H,1,6,9-11H2,2H3;1-3,6H,4-5H2;2-3,6H,1,4-5H2. The van der Waals surface area contributed by atoms with Gasteiger partial charge in [-0.15, -0.1) is 6.58 Å². The number of nitrogens with one attached hydrogen (secondary N) is 1. The number of hydrogen-bond donors (Lipinski definition) is 1. The number of likely N-dealkylation sites (N-methyl/N-ethyl adjacent to an activating group) is 1. The van der Waals surface area contributed by atoms with Crippen LogP contribution in [0.5, 0.6) is 0 Å². The van der Waals surface area contributed by atoms with Gasteiger partial charge in [0.2, 0.25) is 11.9 Å². The fraction of sp³-hybridized carbons (Fsp3) is 0.400. The molecule has 1 atom stereocenters. The Labute approximate surface area is 218 Å². The van der Waals surface area contributed by atoms with Crippen molar-refractivity contribution in [2.24, 2.45) is 4.99 Å². The second-order valence-corrected chi connectivity index (χ2v) is 9.62. The Morgan fingerprint density at radius 2 is 1.95 bits per heavy atom. The van der Waals surface area contributed by atoms with Crippen LogP contribution in [0.15, 0.2) is 90.9 Å². The van der Waals surface area contributed by atoms with Crippen LogP contribution in [0, 0.1) is 5.95 Å². The number of halogens is 3. The molecule has 4 nitrogen and oxygen atoms in total. The SMILES string of the molecule is C=C(NCc1ccccc1)C1CCCN1C.C=CCC1=NC=CC1.Fc1ncccc1C1CC(F)(F)C1. The molecule has 1 aliphatic carbocycles. The van der Waals surface area contributed by atoms with E-state index in [9.17, 15) is 13.2 Å². The lowest BCUT2D eigenvalue weighted by Gasteiger charge is -2.34. The van der Waals surface area contributed by atoms with Gasteiger partial charge < -0.3 is 5.32 Å². The first-order chi connectivity index (χ1) is 17.8. The Balaban J connectivity index is 0.000000163. The summed E-state index contributed by atoms with van der Waals surface area (Å²) in [6, 6.07) is 14.1. The van der Waals surface area contributed by atoms with E-state index in [1.807, 2.05) is 18.3 Å². The van der Waals surface area contributed by atoms with Crippen LogP contribution in [0.4, 0.5) is 13.2 Å². The van der Waals surface area contributed by atoms with E-state index in [1.165, 1.54) is 42.9 Å². The molecule has 0 radical (unpaired) electrons. The lowest BCUT2D eigenvalue weighted by Crippen LogP contribution is -2.34. The quantitative estimate of drug-likeness (QED) is 0.321. The van der Waals surface area contributed by atoms with Gasteiger partial charge in [-0.2, -0.15) is 4.39 Å². The minimum absolute atomic E-state index is 0.254. The van der Waals surface area contributed by atoms with E-state index in [-0.39, 0.29) is 18.8 Å². The van der Waals surface area contributed by atoms with E-state index in [1.54, 1.807) is 6.07 Å². The van der Waals surface area contributed by atoms with Gasteiger partial charge in [-0.05, 0) is 44.0 Å². The van der Waals surface area contributed by atoms with E-state index in [0.717, 1.165) is 25.1 Å². The highest BCUT2D eigenvalue weighted by atomic mass is 19.3. The molecular formula is C30H37F3N4. The van der Waals surface area contributed by atoms with Crippen molar-refractivity contribution in [2.45, 2.75) is 63.0 Å². The highest BCUT2D eigenvalue weighted by Gasteiger charge is 2.46. The van der Waals surface area contributed by atoms with Crippen LogP contribution in [0.25, 0.3) is 0 Å². The first-order valence-corrected chi connectivity index (χ1v) is 12.8. The molecular weight excluding hydrogens is 473 g/mol. The van der Waals surface area contributed by atoms with Crippen molar-refractivity contribution < 1.29 is 13.2 Å². The van der Waals surface area contributed by atoms with Crippen LogP contribution in [-0.2, 0) is 6.54 Å². The number of hydrogen-bond acceptors (Lipinski definition) is 4. The normalized spacial score (nSPS) is 20.0. The maximum absolute atomic E-state index is 13.0. The molecule has 1 saturated carbocycles. The lowest BCUT2D eigenvalue weighted by molar-refractivity contribution is -0.0874. The van der Waals surface area contributed by atoms with Crippen molar-refractivity contribution in [1.29, 1.82) is 0 Å². The molecule has 1 saturated heterocycles. The number of allylic oxidation sites excluding steroid dienone is 2. The summed E-state index contributed by atoms with van der Waals surface area (Å²) in [5.74, 6) is -3.58. The predicted octanol–water partition coefficient (Wildman–Crippen LogP) is 7.04. The number of pyridine rings is 1. The summed E-state index contributed by atoms with van der Waals surface area (Å²) in [6.07, 6.45) is 11.1. The Hall–Kier alpha value is -3.19. The molecule has 0 bridgehead atoms. The number of nitrogens with zero attached hydrogens (tertiary/aromatic N) is 3. The maximum Gasteiger partial charge on any atom is 0.249 e. The zero-order valence-electron chi connectivity index (χ0n) is 21.6. The molecule has 7 heteroatoms. The largest absolute Gasteiger partial charge is 0.383 e. The molecule has 5 rings (SSSR count). The third-order valence-electron chi connectivity index (χ3n) is 6.70. The monoisotopic (exact) mass is 510 g/mol. The van der Waals surface area contributed by atoms with Crippen LogP contribution in [0.3, 0.4) is 0 Å². The van der Waals surface area contributed by atoms with E-state index >= 15 is 0 Å². The number of benzene rings is 1. The molecule has 3 aliphatic rings. The predicted molar refractivity (Wildman–Crippen MR) is 145 cm³/mol. The highest BCUT2D eigenvalue weighted by molar-refractivity contribution is 5.89. The first kappa shape index (κ1) is 28.4. The van der Waals surface area contributed by atoms with E-state index in [0.29, 0.717) is 11.6 Å². The van der Waals surface area contributed by atoms with Gasteiger partial charge in [-0.3, -0.25) is 9.89 Å². The topological polar surface area (TPSA) is 40.5 Å². The smallest absolute Gasteiger partial charge is 0.249 e. The third-order valence-corrected chi connectivity index (χ3v) is 6.70. The first-order valence-electron chi connectivity index (χ1n) is 12.8. The summed E-state index contributed by atoms with van der Waals surface area (Å²) in [6.45, 7) is 9.84. The molecule has 0 amide bonds.